The van der Waals surface area contributed by atoms with Crippen LogP contribution in [0.2, 0.25) is 5.02 Å². The van der Waals surface area contributed by atoms with Crippen molar-refractivity contribution < 1.29 is 9.53 Å². The molecule has 1 aliphatic heterocycles. The number of methoxy groups -OCH3 is 1. The van der Waals surface area contributed by atoms with Gasteiger partial charge in [-0.15, -0.1) is 0 Å². The van der Waals surface area contributed by atoms with E-state index in [1.807, 2.05) is 12.1 Å². The molecule has 19 heavy (non-hydrogen) atoms. The quantitative estimate of drug-likeness (QED) is 0.919. The molecule has 0 aromatic heterocycles. The molecular formula is C14H17ClN2O2. The van der Waals surface area contributed by atoms with Gasteiger partial charge in [0.1, 0.15) is 5.75 Å². The molecule has 1 aromatic rings. The van der Waals surface area contributed by atoms with Crippen LogP contribution in [0.3, 0.4) is 0 Å². The Bertz CT molecular complexity index is 502. The van der Waals surface area contributed by atoms with E-state index < -0.39 is 0 Å². The number of halogens is 1. The summed E-state index contributed by atoms with van der Waals surface area (Å²) in [6.07, 6.45) is 3.25. The minimum Gasteiger partial charge on any atom is -0.495 e. The average Bonchev–Trinajstić information content (AvgIpc) is 3.16. The number of rotatable bonds is 4. The minimum atomic E-state index is -0.0332. The lowest BCUT2D eigenvalue weighted by molar-refractivity contribution is -0.118. The van der Waals surface area contributed by atoms with Gasteiger partial charge in [-0.3, -0.25) is 4.79 Å². The van der Waals surface area contributed by atoms with Crippen LogP contribution in [0.15, 0.2) is 18.2 Å². The lowest BCUT2D eigenvalue weighted by atomic mass is 10.2. The standard InChI is InChI=1S/C14H17ClN2O2/c1-19-13-8-10(4-5-11(13)15)17-7-6-12(14(17)18)16-9-2-3-9/h4-5,8-9,12,16H,2-3,6-7H2,1H3. The number of anilines is 1. The fraction of sp³-hybridized carbons (Fsp3) is 0.500. The largest absolute Gasteiger partial charge is 0.495 e. The summed E-state index contributed by atoms with van der Waals surface area (Å²) in [6, 6.07) is 5.97. The highest BCUT2D eigenvalue weighted by atomic mass is 35.5. The van der Waals surface area contributed by atoms with Crippen molar-refractivity contribution in [2.24, 2.45) is 0 Å². The van der Waals surface area contributed by atoms with Crippen LogP contribution < -0.4 is 15.0 Å². The molecule has 0 spiro atoms. The first-order valence-electron chi connectivity index (χ1n) is 6.60. The summed E-state index contributed by atoms with van der Waals surface area (Å²) < 4.78 is 5.20. The summed E-state index contributed by atoms with van der Waals surface area (Å²) in [7, 11) is 1.58. The Morgan fingerprint density at radius 3 is 2.84 bits per heavy atom. The van der Waals surface area contributed by atoms with E-state index in [1.165, 1.54) is 12.8 Å². The van der Waals surface area contributed by atoms with E-state index in [1.54, 1.807) is 18.1 Å². The van der Waals surface area contributed by atoms with Crippen molar-refractivity contribution in [3.63, 3.8) is 0 Å². The van der Waals surface area contributed by atoms with Gasteiger partial charge in [0.2, 0.25) is 5.91 Å². The van der Waals surface area contributed by atoms with Gasteiger partial charge in [0.25, 0.3) is 0 Å². The average molecular weight is 281 g/mol. The Labute approximate surface area is 117 Å². The first-order chi connectivity index (χ1) is 9.19. The van der Waals surface area contributed by atoms with Gasteiger partial charge >= 0.3 is 0 Å². The van der Waals surface area contributed by atoms with Gasteiger partial charge < -0.3 is 15.0 Å². The predicted octanol–water partition coefficient (Wildman–Crippen LogP) is 2.21. The fourth-order valence-corrected chi connectivity index (χ4v) is 2.64. The summed E-state index contributed by atoms with van der Waals surface area (Å²) >= 11 is 6.00. The number of nitrogens with one attached hydrogen (secondary N) is 1. The number of nitrogens with zero attached hydrogens (tertiary/aromatic N) is 1. The molecule has 102 valence electrons. The van der Waals surface area contributed by atoms with E-state index in [2.05, 4.69) is 5.32 Å². The fourth-order valence-electron chi connectivity index (χ4n) is 2.44. The van der Waals surface area contributed by atoms with Gasteiger partial charge in [0, 0.05) is 24.3 Å². The zero-order chi connectivity index (χ0) is 13.4. The molecule has 5 heteroatoms. The topological polar surface area (TPSA) is 41.6 Å². The molecule has 1 unspecified atom stereocenters. The first-order valence-corrected chi connectivity index (χ1v) is 6.98. The maximum atomic E-state index is 12.3. The second kappa shape index (κ2) is 5.02. The Kier molecular flexibility index (Phi) is 3.37. The molecule has 1 heterocycles. The van der Waals surface area contributed by atoms with Crippen LogP contribution in [0.4, 0.5) is 5.69 Å². The van der Waals surface area contributed by atoms with Crippen molar-refractivity contribution in [2.75, 3.05) is 18.6 Å². The summed E-state index contributed by atoms with van der Waals surface area (Å²) in [5.74, 6) is 0.752. The molecule has 4 nitrogen and oxygen atoms in total. The second-order valence-electron chi connectivity index (χ2n) is 5.09. The van der Waals surface area contributed by atoms with E-state index in [4.69, 9.17) is 16.3 Å². The number of carbonyl (C=O) groups excluding carboxylic acids is 1. The monoisotopic (exact) mass is 280 g/mol. The van der Waals surface area contributed by atoms with E-state index >= 15 is 0 Å². The molecule has 1 saturated carbocycles. The molecule has 0 radical (unpaired) electrons. The Morgan fingerprint density at radius 2 is 2.16 bits per heavy atom. The Balaban J connectivity index is 1.76. The van der Waals surface area contributed by atoms with E-state index in [0.717, 1.165) is 18.7 Å². The highest BCUT2D eigenvalue weighted by Gasteiger charge is 2.36. The summed E-state index contributed by atoms with van der Waals surface area (Å²) in [4.78, 5) is 14.1. The van der Waals surface area contributed by atoms with Crippen LogP contribution in [-0.2, 0) is 4.79 Å². The van der Waals surface area contributed by atoms with Crippen LogP contribution in [0.1, 0.15) is 19.3 Å². The van der Waals surface area contributed by atoms with Crippen LogP contribution in [-0.4, -0.2) is 31.6 Å². The number of carbonyl (C=O) groups is 1. The van der Waals surface area contributed by atoms with Gasteiger partial charge in [-0.2, -0.15) is 0 Å². The molecule has 1 N–H and O–H groups in total. The maximum Gasteiger partial charge on any atom is 0.244 e. The zero-order valence-corrected chi connectivity index (χ0v) is 11.6. The van der Waals surface area contributed by atoms with Gasteiger partial charge in [-0.05, 0) is 31.4 Å². The first kappa shape index (κ1) is 12.8. The smallest absolute Gasteiger partial charge is 0.244 e. The third kappa shape index (κ3) is 2.55. The number of ether oxygens (including phenoxy) is 1. The van der Waals surface area contributed by atoms with Crippen molar-refractivity contribution in [3.8, 4) is 5.75 Å². The highest BCUT2D eigenvalue weighted by molar-refractivity contribution is 6.32. The second-order valence-corrected chi connectivity index (χ2v) is 5.50. The lowest BCUT2D eigenvalue weighted by Crippen LogP contribution is -2.39. The molecular weight excluding hydrogens is 264 g/mol. The SMILES string of the molecule is COc1cc(N2CCC(NC3CC3)C2=O)ccc1Cl. The Morgan fingerprint density at radius 1 is 1.37 bits per heavy atom. The van der Waals surface area contributed by atoms with Crippen molar-refractivity contribution in [3.05, 3.63) is 23.2 Å². The third-order valence-electron chi connectivity index (χ3n) is 3.67. The van der Waals surface area contributed by atoms with Gasteiger partial charge in [0.05, 0.1) is 18.2 Å². The number of hydrogen-bond donors (Lipinski definition) is 1. The van der Waals surface area contributed by atoms with E-state index in [-0.39, 0.29) is 11.9 Å². The molecule has 0 bridgehead atoms. The third-order valence-corrected chi connectivity index (χ3v) is 3.98. The molecule has 1 atom stereocenters. The van der Waals surface area contributed by atoms with Crippen molar-refractivity contribution in [1.29, 1.82) is 0 Å². The van der Waals surface area contributed by atoms with E-state index in [0.29, 0.717) is 16.8 Å². The maximum absolute atomic E-state index is 12.3. The van der Waals surface area contributed by atoms with E-state index in [9.17, 15) is 4.79 Å². The van der Waals surface area contributed by atoms with Gasteiger partial charge in [0.15, 0.2) is 0 Å². The molecule has 3 rings (SSSR count). The van der Waals surface area contributed by atoms with Gasteiger partial charge in [-0.25, -0.2) is 0 Å². The molecule has 1 saturated heterocycles. The van der Waals surface area contributed by atoms with Crippen LogP contribution >= 0.6 is 11.6 Å². The zero-order valence-electron chi connectivity index (χ0n) is 10.9. The van der Waals surface area contributed by atoms with Crippen LogP contribution in [0.5, 0.6) is 5.75 Å². The Hall–Kier alpha value is -1.26. The highest BCUT2D eigenvalue weighted by Crippen LogP contribution is 2.32. The minimum absolute atomic E-state index is 0.0332. The number of benzene rings is 1. The predicted molar refractivity (Wildman–Crippen MR) is 74.9 cm³/mol. The van der Waals surface area contributed by atoms with Gasteiger partial charge in [-0.1, -0.05) is 11.6 Å². The summed E-state index contributed by atoms with van der Waals surface area (Å²) in [6.45, 7) is 0.744. The molecule has 2 aliphatic rings. The molecule has 2 fully saturated rings. The summed E-state index contributed by atoms with van der Waals surface area (Å²) in [5.41, 5.74) is 0.853. The normalized spacial score (nSPS) is 22.9. The number of amides is 1. The van der Waals surface area contributed by atoms with Crippen LogP contribution in [0, 0.1) is 0 Å². The summed E-state index contributed by atoms with van der Waals surface area (Å²) in [5, 5.41) is 3.95. The number of hydrogen-bond acceptors (Lipinski definition) is 3. The molecule has 1 aromatic carbocycles. The van der Waals surface area contributed by atoms with Crippen molar-refractivity contribution in [1.82, 2.24) is 5.32 Å². The van der Waals surface area contributed by atoms with Crippen LogP contribution in [0.25, 0.3) is 0 Å². The molecule has 1 amide bonds. The molecule has 1 aliphatic carbocycles. The van der Waals surface area contributed by atoms with Crippen molar-refractivity contribution >= 4 is 23.2 Å². The van der Waals surface area contributed by atoms with Crippen molar-refractivity contribution in [2.45, 2.75) is 31.3 Å². The lowest BCUT2D eigenvalue weighted by Gasteiger charge is -2.18.